The van der Waals surface area contributed by atoms with Gasteiger partial charge < -0.3 is 4.57 Å². The molecule has 0 aliphatic carbocycles. The van der Waals surface area contributed by atoms with E-state index in [4.69, 9.17) is 16.6 Å². The molecule has 0 bridgehead atoms. The molecule has 0 saturated heterocycles. The molecule has 2 heterocycles. The predicted octanol–water partition coefficient (Wildman–Crippen LogP) is 5.37. The zero-order chi connectivity index (χ0) is 15.1. The van der Waals surface area contributed by atoms with Crippen LogP contribution in [0.15, 0.2) is 24.3 Å². The van der Waals surface area contributed by atoms with E-state index >= 15 is 0 Å². The minimum absolute atomic E-state index is 0.247. The van der Waals surface area contributed by atoms with Crippen LogP contribution in [-0.4, -0.2) is 9.55 Å². The Labute approximate surface area is 134 Å². The third-order valence-electron chi connectivity index (χ3n) is 3.95. The van der Waals surface area contributed by atoms with Crippen LogP contribution in [0.2, 0.25) is 0 Å². The fraction of sp³-hybridized carbons (Fsp3) is 0.353. The summed E-state index contributed by atoms with van der Waals surface area (Å²) in [7, 11) is 0. The van der Waals surface area contributed by atoms with Crippen LogP contribution in [0.4, 0.5) is 0 Å². The fourth-order valence-corrected chi connectivity index (χ4v) is 4.19. The summed E-state index contributed by atoms with van der Waals surface area (Å²) < 4.78 is 2.27. The number of hydrogen-bond donors (Lipinski definition) is 0. The second kappa shape index (κ2) is 5.47. The molecule has 21 heavy (non-hydrogen) atoms. The Morgan fingerprint density at radius 2 is 2.00 bits per heavy atom. The summed E-state index contributed by atoms with van der Waals surface area (Å²) in [5.41, 5.74) is 4.78. The van der Waals surface area contributed by atoms with Crippen molar-refractivity contribution in [2.45, 2.75) is 39.6 Å². The zero-order valence-electron chi connectivity index (χ0n) is 12.8. The van der Waals surface area contributed by atoms with Crippen LogP contribution in [0.5, 0.6) is 0 Å². The van der Waals surface area contributed by atoms with Gasteiger partial charge in [-0.05, 0) is 57.0 Å². The van der Waals surface area contributed by atoms with E-state index in [9.17, 15) is 0 Å². The van der Waals surface area contributed by atoms with Gasteiger partial charge in [-0.15, -0.1) is 22.9 Å². The maximum absolute atomic E-state index is 6.14. The van der Waals surface area contributed by atoms with Crippen LogP contribution in [0.3, 0.4) is 0 Å². The third-order valence-corrected chi connectivity index (χ3v) is 5.18. The monoisotopic (exact) mass is 318 g/mol. The van der Waals surface area contributed by atoms with Gasteiger partial charge in [-0.1, -0.05) is 6.07 Å². The van der Waals surface area contributed by atoms with Gasteiger partial charge in [0, 0.05) is 9.75 Å². The first kappa shape index (κ1) is 14.6. The maximum Gasteiger partial charge on any atom is 0.125 e. The van der Waals surface area contributed by atoms with Crippen LogP contribution in [0, 0.1) is 20.8 Å². The number of aryl methyl sites for hydroxylation is 3. The van der Waals surface area contributed by atoms with Crippen molar-refractivity contribution < 1.29 is 0 Å². The molecule has 0 amide bonds. The first-order valence-corrected chi connectivity index (χ1v) is 8.46. The Hall–Kier alpha value is -1.32. The van der Waals surface area contributed by atoms with Crippen molar-refractivity contribution in [3.8, 4) is 0 Å². The Morgan fingerprint density at radius 1 is 1.24 bits per heavy atom. The van der Waals surface area contributed by atoms with Gasteiger partial charge in [-0.25, -0.2) is 4.98 Å². The van der Waals surface area contributed by atoms with E-state index in [0.717, 1.165) is 16.9 Å². The molecule has 2 aromatic heterocycles. The minimum atomic E-state index is 0.247. The largest absolute Gasteiger partial charge is 0.320 e. The molecular formula is C17H19ClN2S. The van der Waals surface area contributed by atoms with Crippen molar-refractivity contribution in [2.75, 3.05) is 0 Å². The van der Waals surface area contributed by atoms with E-state index in [1.165, 1.54) is 20.9 Å². The average molecular weight is 319 g/mol. The molecule has 1 aromatic carbocycles. The number of nitrogens with zero attached hydrogens (tertiary/aromatic N) is 2. The van der Waals surface area contributed by atoms with E-state index in [-0.39, 0.29) is 6.04 Å². The zero-order valence-corrected chi connectivity index (χ0v) is 14.3. The molecule has 110 valence electrons. The molecular weight excluding hydrogens is 300 g/mol. The van der Waals surface area contributed by atoms with Crippen LogP contribution in [-0.2, 0) is 5.88 Å². The Morgan fingerprint density at radius 3 is 2.62 bits per heavy atom. The highest BCUT2D eigenvalue weighted by Gasteiger charge is 2.19. The first-order chi connectivity index (χ1) is 10.0. The van der Waals surface area contributed by atoms with Crippen LogP contribution in [0.25, 0.3) is 11.0 Å². The van der Waals surface area contributed by atoms with Gasteiger partial charge in [-0.2, -0.15) is 0 Å². The number of aromatic nitrogens is 2. The number of rotatable bonds is 3. The lowest BCUT2D eigenvalue weighted by Crippen LogP contribution is -2.10. The van der Waals surface area contributed by atoms with E-state index in [2.05, 4.69) is 56.5 Å². The lowest BCUT2D eigenvalue weighted by molar-refractivity contribution is 0.633. The quantitative estimate of drug-likeness (QED) is 0.593. The second-order valence-electron chi connectivity index (χ2n) is 5.57. The van der Waals surface area contributed by atoms with Gasteiger partial charge in [0.2, 0.25) is 0 Å². The molecule has 0 saturated carbocycles. The van der Waals surface area contributed by atoms with Crippen molar-refractivity contribution in [3.63, 3.8) is 0 Å². The Balaban J connectivity index is 2.20. The summed E-state index contributed by atoms with van der Waals surface area (Å²) in [5, 5.41) is 0. The van der Waals surface area contributed by atoms with Gasteiger partial charge in [0.1, 0.15) is 5.82 Å². The van der Waals surface area contributed by atoms with Crippen molar-refractivity contribution >= 4 is 34.0 Å². The highest BCUT2D eigenvalue weighted by Crippen LogP contribution is 2.32. The summed E-state index contributed by atoms with van der Waals surface area (Å²) in [5.74, 6) is 1.37. The highest BCUT2D eigenvalue weighted by molar-refractivity contribution is 7.12. The van der Waals surface area contributed by atoms with Crippen molar-refractivity contribution in [1.29, 1.82) is 0 Å². The first-order valence-electron chi connectivity index (χ1n) is 7.11. The predicted molar refractivity (Wildman–Crippen MR) is 91.6 cm³/mol. The lowest BCUT2D eigenvalue weighted by Gasteiger charge is -2.17. The molecule has 1 atom stereocenters. The standard InChI is InChI=1S/C17H19ClN2S/c1-10-5-6-16-15(7-10)19-17(9-18)20(16)12(3)14-8-11(2)21-13(14)4/h5-8,12H,9H2,1-4H3. The normalized spacial score (nSPS) is 13.0. The smallest absolute Gasteiger partial charge is 0.125 e. The van der Waals surface area contributed by atoms with Crippen molar-refractivity contribution in [1.82, 2.24) is 9.55 Å². The highest BCUT2D eigenvalue weighted by atomic mass is 35.5. The van der Waals surface area contributed by atoms with Gasteiger partial charge in [0.15, 0.2) is 0 Å². The summed E-state index contributed by atoms with van der Waals surface area (Å²) in [4.78, 5) is 7.43. The molecule has 1 unspecified atom stereocenters. The number of alkyl halides is 1. The molecule has 3 aromatic rings. The Kier molecular flexibility index (Phi) is 3.80. The molecule has 4 heteroatoms. The summed E-state index contributed by atoms with van der Waals surface area (Å²) in [6.07, 6.45) is 0. The molecule has 3 rings (SSSR count). The molecule has 2 nitrogen and oxygen atoms in total. The second-order valence-corrected chi connectivity index (χ2v) is 7.30. The number of thiophene rings is 1. The molecule has 0 fully saturated rings. The van der Waals surface area contributed by atoms with E-state index < -0.39 is 0 Å². The van der Waals surface area contributed by atoms with E-state index in [0.29, 0.717) is 5.88 Å². The van der Waals surface area contributed by atoms with Crippen LogP contribution < -0.4 is 0 Å². The molecule has 0 radical (unpaired) electrons. The van der Waals surface area contributed by atoms with Gasteiger partial charge >= 0.3 is 0 Å². The molecule has 0 aliphatic heterocycles. The molecule has 0 spiro atoms. The lowest BCUT2D eigenvalue weighted by atomic mass is 10.1. The van der Waals surface area contributed by atoms with E-state index in [1.807, 2.05) is 11.3 Å². The van der Waals surface area contributed by atoms with Crippen LogP contribution >= 0.6 is 22.9 Å². The minimum Gasteiger partial charge on any atom is -0.320 e. The van der Waals surface area contributed by atoms with Crippen molar-refractivity contribution in [2.24, 2.45) is 0 Å². The number of hydrogen-bond acceptors (Lipinski definition) is 2. The number of halogens is 1. The molecule has 0 N–H and O–H groups in total. The van der Waals surface area contributed by atoms with Crippen molar-refractivity contribution in [3.05, 3.63) is 51.0 Å². The van der Waals surface area contributed by atoms with Crippen LogP contribution in [0.1, 0.15) is 39.7 Å². The van der Waals surface area contributed by atoms with Gasteiger partial charge in [-0.3, -0.25) is 0 Å². The third kappa shape index (κ3) is 2.49. The summed E-state index contributed by atoms with van der Waals surface area (Å²) in [6, 6.07) is 8.94. The molecule has 0 aliphatic rings. The van der Waals surface area contributed by atoms with E-state index in [1.54, 1.807) is 0 Å². The van der Waals surface area contributed by atoms with Gasteiger partial charge in [0.25, 0.3) is 0 Å². The summed E-state index contributed by atoms with van der Waals surface area (Å²) in [6.45, 7) is 8.67. The van der Waals surface area contributed by atoms with Gasteiger partial charge in [0.05, 0.1) is 23.0 Å². The number of imidazole rings is 1. The number of fused-ring (bicyclic) bond motifs is 1. The number of benzene rings is 1. The SMILES string of the molecule is Cc1ccc2c(c1)nc(CCl)n2C(C)c1cc(C)sc1C. The fourth-order valence-electron chi connectivity index (χ4n) is 2.99. The summed E-state index contributed by atoms with van der Waals surface area (Å²) >= 11 is 7.99. The Bertz CT molecular complexity index is 801. The average Bonchev–Trinajstić information content (AvgIpc) is 2.97. The topological polar surface area (TPSA) is 17.8 Å². The maximum atomic E-state index is 6.14.